The Bertz CT molecular complexity index is 1010. The van der Waals surface area contributed by atoms with Crippen molar-refractivity contribution in [1.29, 1.82) is 0 Å². The third kappa shape index (κ3) is 6.65. The summed E-state index contributed by atoms with van der Waals surface area (Å²) in [4.78, 5) is 30.8. The standard InChI is InChI=1S/C25H29N5O3/c31-24(12-15-33-23-4-2-1-3-5-23)29-13-10-22(11-14-29)25(32)27-16-20-6-8-21(9-7-20)17-30-19-26-18-28-30/h1-9,18-19,22H,10-17H2,(H,27,32). The lowest BCUT2D eigenvalue weighted by Crippen LogP contribution is -2.43. The van der Waals surface area contributed by atoms with Gasteiger partial charge in [-0.25, -0.2) is 9.67 Å². The van der Waals surface area contributed by atoms with Gasteiger partial charge < -0.3 is 15.0 Å². The second kappa shape index (κ2) is 11.3. The van der Waals surface area contributed by atoms with E-state index in [1.807, 2.05) is 59.5 Å². The summed E-state index contributed by atoms with van der Waals surface area (Å²) in [6.45, 7) is 2.75. The molecule has 0 spiro atoms. The number of benzene rings is 2. The topological polar surface area (TPSA) is 89.4 Å². The maximum Gasteiger partial charge on any atom is 0.225 e. The Morgan fingerprint density at radius 2 is 1.73 bits per heavy atom. The molecule has 172 valence electrons. The summed E-state index contributed by atoms with van der Waals surface area (Å²) in [5.41, 5.74) is 2.18. The van der Waals surface area contributed by atoms with E-state index in [0.717, 1.165) is 16.9 Å². The van der Waals surface area contributed by atoms with Gasteiger partial charge in [-0.3, -0.25) is 9.59 Å². The summed E-state index contributed by atoms with van der Waals surface area (Å²) in [5.74, 6) is 0.851. The van der Waals surface area contributed by atoms with Crippen LogP contribution in [0.3, 0.4) is 0 Å². The van der Waals surface area contributed by atoms with Crippen LogP contribution in [-0.2, 0) is 22.7 Å². The monoisotopic (exact) mass is 447 g/mol. The van der Waals surface area contributed by atoms with E-state index in [-0.39, 0.29) is 17.7 Å². The van der Waals surface area contributed by atoms with Crippen molar-refractivity contribution in [3.63, 3.8) is 0 Å². The highest BCUT2D eigenvalue weighted by Gasteiger charge is 2.27. The van der Waals surface area contributed by atoms with Gasteiger partial charge in [-0.15, -0.1) is 0 Å². The SMILES string of the molecule is O=C(NCc1ccc(Cn2cncn2)cc1)C1CCN(C(=O)CCOc2ccccc2)CC1. The molecule has 1 aliphatic rings. The van der Waals surface area contributed by atoms with E-state index < -0.39 is 0 Å². The fraction of sp³-hybridized carbons (Fsp3) is 0.360. The Labute approximate surface area is 193 Å². The number of carbonyl (C=O) groups excluding carboxylic acids is 2. The molecule has 3 aromatic rings. The lowest BCUT2D eigenvalue weighted by Gasteiger charge is -2.31. The number of para-hydroxylation sites is 1. The van der Waals surface area contributed by atoms with Crippen LogP contribution in [0.1, 0.15) is 30.4 Å². The first-order valence-electron chi connectivity index (χ1n) is 11.3. The van der Waals surface area contributed by atoms with Crippen molar-refractivity contribution in [3.8, 4) is 5.75 Å². The van der Waals surface area contributed by atoms with Crippen LogP contribution >= 0.6 is 0 Å². The number of amides is 2. The van der Waals surface area contributed by atoms with E-state index >= 15 is 0 Å². The van der Waals surface area contributed by atoms with Crippen LogP contribution in [0.25, 0.3) is 0 Å². The minimum Gasteiger partial charge on any atom is -0.493 e. The van der Waals surface area contributed by atoms with Crippen LogP contribution in [0, 0.1) is 5.92 Å². The van der Waals surface area contributed by atoms with Gasteiger partial charge in [0.05, 0.1) is 19.6 Å². The number of ether oxygens (including phenoxy) is 1. The molecule has 2 aromatic carbocycles. The fourth-order valence-corrected chi connectivity index (χ4v) is 3.92. The van der Waals surface area contributed by atoms with Crippen molar-refractivity contribution in [2.45, 2.75) is 32.4 Å². The predicted molar refractivity (Wildman–Crippen MR) is 123 cm³/mol. The number of nitrogens with zero attached hydrogens (tertiary/aromatic N) is 4. The summed E-state index contributed by atoms with van der Waals surface area (Å²) in [7, 11) is 0. The predicted octanol–water partition coefficient (Wildman–Crippen LogP) is 2.65. The highest BCUT2D eigenvalue weighted by atomic mass is 16.5. The van der Waals surface area contributed by atoms with Gasteiger partial charge in [0.25, 0.3) is 0 Å². The second-order valence-electron chi connectivity index (χ2n) is 8.19. The molecule has 1 N–H and O–H groups in total. The van der Waals surface area contributed by atoms with Gasteiger partial charge in [-0.1, -0.05) is 42.5 Å². The Balaban J connectivity index is 1.14. The van der Waals surface area contributed by atoms with Gasteiger partial charge in [0.2, 0.25) is 11.8 Å². The molecule has 0 unspecified atom stereocenters. The molecule has 0 radical (unpaired) electrons. The molecule has 1 aliphatic heterocycles. The maximum absolute atomic E-state index is 12.6. The first-order valence-corrected chi connectivity index (χ1v) is 11.3. The number of likely N-dealkylation sites (tertiary alicyclic amines) is 1. The van der Waals surface area contributed by atoms with Crippen molar-refractivity contribution in [2.75, 3.05) is 19.7 Å². The van der Waals surface area contributed by atoms with E-state index in [1.54, 1.807) is 11.0 Å². The fourth-order valence-electron chi connectivity index (χ4n) is 3.92. The van der Waals surface area contributed by atoms with E-state index in [2.05, 4.69) is 15.4 Å². The lowest BCUT2D eigenvalue weighted by molar-refractivity contribution is -0.136. The third-order valence-electron chi connectivity index (χ3n) is 5.85. The number of nitrogens with one attached hydrogen (secondary N) is 1. The average molecular weight is 448 g/mol. The number of aromatic nitrogens is 3. The summed E-state index contributed by atoms with van der Waals surface area (Å²) in [6, 6.07) is 17.6. The molecule has 1 saturated heterocycles. The molecule has 8 nitrogen and oxygen atoms in total. The van der Waals surface area contributed by atoms with Crippen molar-refractivity contribution in [2.24, 2.45) is 5.92 Å². The maximum atomic E-state index is 12.6. The van der Waals surface area contributed by atoms with Crippen molar-refractivity contribution >= 4 is 11.8 Å². The van der Waals surface area contributed by atoms with E-state index in [4.69, 9.17) is 4.74 Å². The second-order valence-corrected chi connectivity index (χ2v) is 8.19. The molecule has 0 bridgehead atoms. The van der Waals surface area contributed by atoms with E-state index in [1.165, 1.54) is 6.33 Å². The Hall–Kier alpha value is -3.68. The Morgan fingerprint density at radius 3 is 2.42 bits per heavy atom. The van der Waals surface area contributed by atoms with Crippen molar-refractivity contribution in [1.82, 2.24) is 25.0 Å². The van der Waals surface area contributed by atoms with E-state index in [0.29, 0.717) is 52.0 Å². The highest BCUT2D eigenvalue weighted by molar-refractivity contribution is 5.80. The smallest absolute Gasteiger partial charge is 0.225 e. The van der Waals surface area contributed by atoms with Gasteiger partial charge in [0, 0.05) is 25.6 Å². The van der Waals surface area contributed by atoms with Crippen LogP contribution in [0.4, 0.5) is 0 Å². The first kappa shape index (κ1) is 22.5. The summed E-state index contributed by atoms with van der Waals surface area (Å²) in [6.07, 6.45) is 4.93. The Morgan fingerprint density at radius 1 is 1.00 bits per heavy atom. The molecule has 1 fully saturated rings. The minimum atomic E-state index is -0.0544. The third-order valence-corrected chi connectivity index (χ3v) is 5.85. The number of hydrogen-bond donors (Lipinski definition) is 1. The average Bonchev–Trinajstić information content (AvgIpc) is 3.37. The lowest BCUT2D eigenvalue weighted by atomic mass is 9.95. The van der Waals surface area contributed by atoms with Gasteiger partial charge in [-0.2, -0.15) is 5.10 Å². The first-order chi connectivity index (χ1) is 16.2. The molecule has 1 aromatic heterocycles. The van der Waals surface area contributed by atoms with Crippen molar-refractivity contribution < 1.29 is 14.3 Å². The molecule has 0 atom stereocenters. The summed E-state index contributed by atoms with van der Waals surface area (Å²) in [5, 5.41) is 7.15. The minimum absolute atomic E-state index is 0.0544. The molecular weight excluding hydrogens is 418 g/mol. The van der Waals surface area contributed by atoms with Crippen molar-refractivity contribution in [3.05, 3.63) is 78.4 Å². The van der Waals surface area contributed by atoms with Gasteiger partial charge in [0.1, 0.15) is 18.4 Å². The number of rotatable bonds is 9. The highest BCUT2D eigenvalue weighted by Crippen LogP contribution is 2.19. The van der Waals surface area contributed by atoms with Crippen LogP contribution in [0.5, 0.6) is 5.75 Å². The van der Waals surface area contributed by atoms with Crippen LogP contribution < -0.4 is 10.1 Å². The van der Waals surface area contributed by atoms with Crippen LogP contribution in [-0.4, -0.2) is 51.2 Å². The molecule has 0 saturated carbocycles. The zero-order valence-electron chi connectivity index (χ0n) is 18.6. The molecule has 8 heteroatoms. The van der Waals surface area contributed by atoms with Crippen LogP contribution in [0.15, 0.2) is 67.3 Å². The van der Waals surface area contributed by atoms with Gasteiger partial charge in [-0.05, 0) is 36.1 Å². The number of piperidine rings is 1. The molecule has 2 amide bonds. The summed E-state index contributed by atoms with van der Waals surface area (Å²) < 4.78 is 7.38. The molecule has 33 heavy (non-hydrogen) atoms. The molecule has 4 rings (SSSR count). The quantitative estimate of drug-likeness (QED) is 0.545. The zero-order valence-corrected chi connectivity index (χ0v) is 18.6. The zero-order chi connectivity index (χ0) is 22.9. The number of carbonyl (C=O) groups is 2. The largest absolute Gasteiger partial charge is 0.493 e. The summed E-state index contributed by atoms with van der Waals surface area (Å²) >= 11 is 0. The molecule has 2 heterocycles. The normalized spacial score (nSPS) is 14.1. The Kier molecular flexibility index (Phi) is 7.68. The number of hydrogen-bond acceptors (Lipinski definition) is 5. The van der Waals surface area contributed by atoms with Gasteiger partial charge >= 0.3 is 0 Å². The van der Waals surface area contributed by atoms with Gasteiger partial charge in [0.15, 0.2) is 0 Å². The molecule has 0 aliphatic carbocycles. The molecular formula is C25H29N5O3. The van der Waals surface area contributed by atoms with Crippen LogP contribution in [0.2, 0.25) is 0 Å². The van der Waals surface area contributed by atoms with E-state index in [9.17, 15) is 9.59 Å².